The van der Waals surface area contributed by atoms with Crippen LogP contribution in [0.15, 0.2) is 38.4 Å². The molecule has 0 aliphatic rings. The lowest BCUT2D eigenvalue weighted by Crippen LogP contribution is -2.19. The van der Waals surface area contributed by atoms with Crippen LogP contribution in [-0.4, -0.2) is 4.57 Å². The van der Waals surface area contributed by atoms with Gasteiger partial charge in [-0.15, -0.1) is 11.3 Å². The second-order valence-electron chi connectivity index (χ2n) is 3.15. The minimum atomic E-state index is -0.0395. The van der Waals surface area contributed by atoms with Gasteiger partial charge in [0.25, 0.3) is 5.56 Å². The highest BCUT2D eigenvalue weighted by molar-refractivity contribution is 9.11. The molecule has 0 radical (unpaired) electrons. The molecule has 2 rings (SSSR count). The van der Waals surface area contributed by atoms with Crippen molar-refractivity contribution in [3.63, 3.8) is 0 Å². The first-order chi connectivity index (χ1) is 7.16. The first kappa shape index (κ1) is 10.4. The number of rotatable bonds is 2. The summed E-state index contributed by atoms with van der Waals surface area (Å²) >= 11 is 5.04. The van der Waals surface area contributed by atoms with Crippen molar-refractivity contribution in [2.75, 3.05) is 5.73 Å². The van der Waals surface area contributed by atoms with Gasteiger partial charge in [0.1, 0.15) is 0 Å². The zero-order valence-electron chi connectivity index (χ0n) is 7.81. The van der Waals surface area contributed by atoms with E-state index in [1.807, 2.05) is 11.4 Å². The number of hydrogen-bond acceptors (Lipinski definition) is 3. The molecule has 0 spiro atoms. The monoisotopic (exact) mass is 284 g/mol. The highest BCUT2D eigenvalue weighted by Crippen LogP contribution is 2.23. The van der Waals surface area contributed by atoms with E-state index >= 15 is 0 Å². The highest BCUT2D eigenvalue weighted by atomic mass is 79.9. The third-order valence-electron chi connectivity index (χ3n) is 2.04. The average molecular weight is 285 g/mol. The lowest BCUT2D eigenvalue weighted by atomic mass is 10.3. The minimum Gasteiger partial charge on any atom is -0.398 e. The van der Waals surface area contributed by atoms with Crippen LogP contribution in [0.5, 0.6) is 0 Å². The molecule has 0 amide bonds. The third kappa shape index (κ3) is 2.30. The van der Waals surface area contributed by atoms with E-state index in [0.717, 1.165) is 9.35 Å². The lowest BCUT2D eigenvalue weighted by molar-refractivity contribution is 0.762. The van der Waals surface area contributed by atoms with E-state index < -0.39 is 0 Å². The van der Waals surface area contributed by atoms with Crippen LogP contribution in [0.25, 0.3) is 0 Å². The molecule has 0 atom stereocenters. The maximum Gasteiger partial charge on any atom is 0.250 e. The number of nitrogens with zero attached hydrogens (tertiary/aromatic N) is 1. The molecule has 15 heavy (non-hydrogen) atoms. The van der Waals surface area contributed by atoms with E-state index in [4.69, 9.17) is 5.73 Å². The number of nitrogen functional groups attached to an aromatic ring is 1. The number of hydrogen-bond donors (Lipinski definition) is 1. The molecule has 0 fully saturated rings. The van der Waals surface area contributed by atoms with E-state index in [2.05, 4.69) is 15.9 Å². The predicted molar refractivity (Wildman–Crippen MR) is 66.2 cm³/mol. The van der Waals surface area contributed by atoms with Crippen LogP contribution < -0.4 is 11.3 Å². The molecular weight excluding hydrogens is 276 g/mol. The van der Waals surface area contributed by atoms with Gasteiger partial charge in [0.05, 0.1) is 10.3 Å². The van der Waals surface area contributed by atoms with Crippen molar-refractivity contribution in [3.05, 3.63) is 49.5 Å². The van der Waals surface area contributed by atoms with Gasteiger partial charge in [0.15, 0.2) is 0 Å². The standard InChI is InChI=1S/C10H9BrN2OS/c11-10-7(3-4-15-10)5-13-6-8(12)1-2-9(13)14/h1-4,6H,5,12H2. The first-order valence-corrected chi connectivity index (χ1v) is 6.02. The highest BCUT2D eigenvalue weighted by Gasteiger charge is 2.03. The van der Waals surface area contributed by atoms with Crippen LogP contribution in [0.1, 0.15) is 5.56 Å². The SMILES string of the molecule is Nc1ccc(=O)n(Cc2ccsc2Br)c1. The summed E-state index contributed by atoms with van der Waals surface area (Å²) in [5.41, 5.74) is 7.27. The van der Waals surface area contributed by atoms with E-state index in [1.54, 1.807) is 28.2 Å². The van der Waals surface area contributed by atoms with Gasteiger partial charge < -0.3 is 10.3 Å². The van der Waals surface area contributed by atoms with Gasteiger partial charge in [-0.3, -0.25) is 4.79 Å². The summed E-state index contributed by atoms with van der Waals surface area (Å²) in [7, 11) is 0. The van der Waals surface area contributed by atoms with Crippen LogP contribution in [-0.2, 0) is 6.54 Å². The fraction of sp³-hybridized carbons (Fsp3) is 0.100. The Morgan fingerprint density at radius 1 is 1.40 bits per heavy atom. The largest absolute Gasteiger partial charge is 0.398 e. The third-order valence-corrected chi connectivity index (χ3v) is 3.85. The maximum atomic E-state index is 11.5. The van der Waals surface area contributed by atoms with Crippen LogP contribution in [0.3, 0.4) is 0 Å². The van der Waals surface area contributed by atoms with E-state index in [9.17, 15) is 4.79 Å². The molecular formula is C10H9BrN2OS. The Balaban J connectivity index is 2.36. The van der Waals surface area contributed by atoms with Crippen molar-refractivity contribution in [1.82, 2.24) is 4.57 Å². The Labute approximate surface area is 99.3 Å². The zero-order chi connectivity index (χ0) is 10.8. The second kappa shape index (κ2) is 4.20. The molecule has 78 valence electrons. The molecule has 0 aromatic carbocycles. The summed E-state index contributed by atoms with van der Waals surface area (Å²) in [6, 6.07) is 5.08. The molecule has 2 aromatic rings. The topological polar surface area (TPSA) is 48.0 Å². The van der Waals surface area contributed by atoms with Crippen molar-refractivity contribution in [2.24, 2.45) is 0 Å². The molecule has 2 heterocycles. The number of anilines is 1. The van der Waals surface area contributed by atoms with Crippen LogP contribution in [0.2, 0.25) is 0 Å². The van der Waals surface area contributed by atoms with E-state index in [1.165, 1.54) is 6.07 Å². The first-order valence-electron chi connectivity index (χ1n) is 4.34. The van der Waals surface area contributed by atoms with Crippen molar-refractivity contribution in [2.45, 2.75) is 6.54 Å². The Bertz CT molecular complexity index is 532. The molecule has 0 unspecified atom stereocenters. The Hall–Kier alpha value is -1.07. The van der Waals surface area contributed by atoms with Crippen molar-refractivity contribution in [3.8, 4) is 0 Å². The van der Waals surface area contributed by atoms with Gasteiger partial charge in [-0.05, 0) is 39.0 Å². The average Bonchev–Trinajstić information content (AvgIpc) is 2.58. The van der Waals surface area contributed by atoms with Gasteiger partial charge in [0, 0.05) is 18.0 Å². The molecule has 2 N–H and O–H groups in total. The van der Waals surface area contributed by atoms with Gasteiger partial charge in [-0.25, -0.2) is 0 Å². The van der Waals surface area contributed by atoms with Gasteiger partial charge in [-0.2, -0.15) is 0 Å². The predicted octanol–water partition coefficient (Wildman–Crippen LogP) is 2.30. The molecule has 0 bridgehead atoms. The molecule has 3 nitrogen and oxygen atoms in total. The fourth-order valence-electron chi connectivity index (χ4n) is 1.29. The Kier molecular flexibility index (Phi) is 2.93. The summed E-state index contributed by atoms with van der Waals surface area (Å²) in [4.78, 5) is 11.5. The Morgan fingerprint density at radius 3 is 2.87 bits per heavy atom. The van der Waals surface area contributed by atoms with E-state index in [0.29, 0.717) is 12.2 Å². The minimum absolute atomic E-state index is 0.0395. The molecule has 0 aliphatic carbocycles. The van der Waals surface area contributed by atoms with E-state index in [-0.39, 0.29) is 5.56 Å². The molecule has 0 saturated carbocycles. The number of nitrogens with two attached hydrogens (primary N) is 1. The quantitative estimate of drug-likeness (QED) is 0.920. The van der Waals surface area contributed by atoms with Crippen molar-refractivity contribution < 1.29 is 0 Å². The second-order valence-corrected chi connectivity index (χ2v) is 5.38. The Morgan fingerprint density at radius 2 is 2.20 bits per heavy atom. The molecule has 0 aliphatic heterocycles. The zero-order valence-corrected chi connectivity index (χ0v) is 10.2. The smallest absolute Gasteiger partial charge is 0.250 e. The van der Waals surface area contributed by atoms with Crippen LogP contribution in [0.4, 0.5) is 5.69 Å². The van der Waals surface area contributed by atoms with Gasteiger partial charge >= 0.3 is 0 Å². The summed E-state index contributed by atoms with van der Waals surface area (Å²) in [6.45, 7) is 0.550. The number of thiophene rings is 1. The normalized spacial score (nSPS) is 10.5. The van der Waals surface area contributed by atoms with Crippen molar-refractivity contribution >= 4 is 33.0 Å². The van der Waals surface area contributed by atoms with Gasteiger partial charge in [-0.1, -0.05) is 0 Å². The fourth-order valence-corrected chi connectivity index (χ4v) is 2.51. The van der Waals surface area contributed by atoms with Crippen molar-refractivity contribution in [1.29, 1.82) is 0 Å². The summed E-state index contributed by atoms with van der Waals surface area (Å²) in [5, 5.41) is 1.98. The van der Waals surface area contributed by atoms with Gasteiger partial charge in [0.2, 0.25) is 0 Å². The maximum absolute atomic E-state index is 11.5. The molecule has 5 heteroatoms. The summed E-state index contributed by atoms with van der Waals surface area (Å²) in [6.07, 6.45) is 1.66. The lowest BCUT2D eigenvalue weighted by Gasteiger charge is -2.05. The number of aromatic nitrogens is 1. The number of halogens is 1. The van der Waals surface area contributed by atoms with Crippen LogP contribution in [0, 0.1) is 0 Å². The molecule has 0 saturated heterocycles. The summed E-state index contributed by atoms with van der Waals surface area (Å²) in [5.74, 6) is 0. The number of pyridine rings is 1. The molecule has 2 aromatic heterocycles. The van der Waals surface area contributed by atoms with Crippen LogP contribution >= 0.6 is 27.3 Å². The summed E-state index contributed by atoms with van der Waals surface area (Å²) < 4.78 is 2.65.